The highest BCUT2D eigenvalue weighted by atomic mass is 35.5. The lowest BCUT2D eigenvalue weighted by Gasteiger charge is -2.15. The zero-order valence-corrected chi connectivity index (χ0v) is 19.4. The summed E-state index contributed by atoms with van der Waals surface area (Å²) in [7, 11) is -3.86. The van der Waals surface area contributed by atoms with Gasteiger partial charge in [0.1, 0.15) is 5.69 Å². The molecule has 0 radical (unpaired) electrons. The Morgan fingerprint density at radius 2 is 1.91 bits per heavy atom. The van der Waals surface area contributed by atoms with Crippen LogP contribution >= 0.6 is 11.6 Å². The van der Waals surface area contributed by atoms with Crippen LogP contribution in [0.3, 0.4) is 0 Å². The van der Waals surface area contributed by atoms with Crippen LogP contribution < -0.4 is 10.5 Å². The fourth-order valence-electron chi connectivity index (χ4n) is 4.06. The lowest BCUT2D eigenvalue weighted by molar-refractivity contribution is -0.113. The van der Waals surface area contributed by atoms with Crippen molar-refractivity contribution in [3.05, 3.63) is 88.1 Å². The van der Waals surface area contributed by atoms with E-state index < -0.39 is 15.9 Å². The van der Waals surface area contributed by atoms with Crippen LogP contribution in [0.5, 0.6) is 0 Å². The molecule has 0 bridgehead atoms. The van der Waals surface area contributed by atoms with Gasteiger partial charge in [0.05, 0.1) is 6.26 Å². The van der Waals surface area contributed by atoms with Crippen molar-refractivity contribution >= 4 is 49.8 Å². The molecule has 3 aromatic rings. The Hall–Kier alpha value is -3.20. The maximum absolute atomic E-state index is 13.3. The van der Waals surface area contributed by atoms with E-state index in [1.54, 1.807) is 41.0 Å². The zero-order chi connectivity index (χ0) is 23.8. The van der Waals surface area contributed by atoms with Crippen LogP contribution in [0.4, 0.5) is 0 Å². The summed E-state index contributed by atoms with van der Waals surface area (Å²) in [6.07, 6.45) is 6.20. The number of nitrogens with two attached hydrogens (primary N) is 1. The van der Waals surface area contributed by atoms with Crippen LogP contribution in [0.15, 0.2) is 60.7 Å². The molecule has 1 aromatic heterocycles. The van der Waals surface area contributed by atoms with Crippen molar-refractivity contribution in [1.82, 2.24) is 9.29 Å². The maximum Gasteiger partial charge on any atom is 0.282 e. The Labute approximate surface area is 196 Å². The number of benzene rings is 2. The van der Waals surface area contributed by atoms with E-state index in [9.17, 15) is 18.0 Å². The van der Waals surface area contributed by atoms with E-state index in [-0.39, 0.29) is 24.4 Å². The third-order valence-electron chi connectivity index (χ3n) is 5.46. The normalized spacial score (nSPS) is 13.9. The topological polar surface area (TPSA) is 111 Å². The Morgan fingerprint density at radius 3 is 2.58 bits per heavy atom. The van der Waals surface area contributed by atoms with Crippen molar-refractivity contribution in [1.29, 1.82) is 0 Å². The second-order valence-electron chi connectivity index (χ2n) is 7.78. The van der Waals surface area contributed by atoms with Gasteiger partial charge in [-0.25, -0.2) is 13.1 Å². The van der Waals surface area contributed by atoms with Gasteiger partial charge in [-0.05, 0) is 29.3 Å². The lowest BCUT2D eigenvalue weighted by Crippen LogP contribution is -2.32. The Bertz CT molecular complexity index is 1450. The first-order chi connectivity index (χ1) is 15.7. The summed E-state index contributed by atoms with van der Waals surface area (Å²) < 4.78 is 27.6. The zero-order valence-electron chi connectivity index (χ0n) is 17.8. The monoisotopic (exact) mass is 483 g/mol. The van der Waals surface area contributed by atoms with Crippen LogP contribution in [-0.2, 0) is 27.9 Å². The third kappa shape index (κ3) is 4.64. The first kappa shape index (κ1) is 23.0. The van der Waals surface area contributed by atoms with Gasteiger partial charge in [0.2, 0.25) is 10.0 Å². The average Bonchev–Trinajstić information content (AvgIpc) is 3.06. The number of carbonyl (C=O) groups is 2. The minimum atomic E-state index is -3.86. The molecule has 0 saturated carbocycles. The molecule has 0 spiro atoms. The predicted octanol–water partition coefficient (Wildman–Crippen LogP) is 3.40. The molecular weight excluding hydrogens is 462 g/mol. The van der Waals surface area contributed by atoms with E-state index in [1.807, 2.05) is 24.3 Å². The Balaban J connectivity index is 2.06. The predicted molar refractivity (Wildman–Crippen MR) is 129 cm³/mol. The lowest BCUT2D eigenvalue weighted by atomic mass is 9.93. The molecular formula is C24H22ClN3O4S. The van der Waals surface area contributed by atoms with Crippen molar-refractivity contribution in [3.63, 3.8) is 0 Å². The van der Waals surface area contributed by atoms with E-state index in [0.717, 1.165) is 17.4 Å². The molecule has 1 aliphatic carbocycles. The van der Waals surface area contributed by atoms with E-state index in [2.05, 4.69) is 4.72 Å². The quantitative estimate of drug-likeness (QED) is 0.558. The second kappa shape index (κ2) is 8.97. The summed E-state index contributed by atoms with van der Waals surface area (Å²) >= 11 is 6.28. The Kier molecular flexibility index (Phi) is 6.25. The number of nitrogens with zero attached hydrogens (tertiary/aromatic N) is 1. The molecule has 33 heavy (non-hydrogen) atoms. The van der Waals surface area contributed by atoms with Crippen molar-refractivity contribution < 1.29 is 18.0 Å². The van der Waals surface area contributed by atoms with Crippen LogP contribution in [-0.4, -0.2) is 30.9 Å². The summed E-state index contributed by atoms with van der Waals surface area (Å²) in [5, 5.41) is 1.01. The molecule has 0 aliphatic heterocycles. The van der Waals surface area contributed by atoms with Gasteiger partial charge in [0, 0.05) is 46.6 Å². The number of rotatable bonds is 6. The number of aromatic nitrogens is 1. The standard InChI is InChI=1S/C24H22ClN3O4S/c1-33(31,32)27-24(30)23-22(18-8-4-5-9-21(18)29)19-12-17(25)10-11-20(19)28(23)14-16-7-3-2-6-15(16)13-26/h2-8,10-12H,9,13-14,26H2,1H3,(H,27,30). The first-order valence-corrected chi connectivity index (χ1v) is 12.5. The number of hydrogen-bond acceptors (Lipinski definition) is 5. The maximum atomic E-state index is 13.3. The minimum absolute atomic E-state index is 0.0689. The molecule has 7 nitrogen and oxygen atoms in total. The summed E-state index contributed by atoms with van der Waals surface area (Å²) in [6.45, 7) is 0.544. The van der Waals surface area contributed by atoms with Gasteiger partial charge in [-0.3, -0.25) is 9.59 Å². The molecule has 0 atom stereocenters. The van der Waals surface area contributed by atoms with Gasteiger partial charge in [-0.15, -0.1) is 0 Å². The molecule has 0 saturated heterocycles. The molecule has 170 valence electrons. The van der Waals surface area contributed by atoms with Crippen molar-refractivity contribution in [3.8, 4) is 0 Å². The first-order valence-electron chi connectivity index (χ1n) is 10.2. The molecule has 0 fully saturated rings. The van der Waals surface area contributed by atoms with Crippen LogP contribution in [0.1, 0.15) is 33.6 Å². The molecule has 4 rings (SSSR count). The highest BCUT2D eigenvalue weighted by Gasteiger charge is 2.29. The summed E-state index contributed by atoms with van der Waals surface area (Å²) in [5.41, 5.74) is 9.07. The van der Waals surface area contributed by atoms with Gasteiger partial charge < -0.3 is 10.3 Å². The van der Waals surface area contributed by atoms with Crippen molar-refractivity contribution in [2.45, 2.75) is 19.5 Å². The van der Waals surface area contributed by atoms with E-state index in [4.69, 9.17) is 17.3 Å². The number of sulfonamides is 1. The van der Waals surface area contributed by atoms with Crippen molar-refractivity contribution in [2.75, 3.05) is 6.26 Å². The molecule has 1 heterocycles. The van der Waals surface area contributed by atoms with Gasteiger partial charge in [-0.1, -0.05) is 54.1 Å². The highest BCUT2D eigenvalue weighted by Crippen LogP contribution is 2.36. The number of Topliss-reactive ketones (excluding diaryl/α,β-unsaturated/α-hetero) is 1. The molecule has 3 N–H and O–H groups in total. The average molecular weight is 484 g/mol. The van der Waals surface area contributed by atoms with E-state index in [0.29, 0.717) is 33.6 Å². The summed E-state index contributed by atoms with van der Waals surface area (Å²) in [6, 6.07) is 12.7. The third-order valence-corrected chi connectivity index (χ3v) is 6.25. The molecule has 2 aromatic carbocycles. The molecule has 0 unspecified atom stereocenters. The number of hydrogen-bond donors (Lipinski definition) is 2. The van der Waals surface area contributed by atoms with E-state index in [1.165, 1.54) is 0 Å². The number of fused-ring (bicyclic) bond motifs is 1. The van der Waals surface area contributed by atoms with E-state index >= 15 is 0 Å². The second-order valence-corrected chi connectivity index (χ2v) is 9.97. The molecule has 1 aliphatic rings. The largest absolute Gasteiger partial charge is 0.331 e. The Morgan fingerprint density at radius 1 is 1.18 bits per heavy atom. The number of amides is 1. The summed E-state index contributed by atoms with van der Waals surface area (Å²) in [4.78, 5) is 26.1. The van der Waals surface area contributed by atoms with Gasteiger partial charge in [0.15, 0.2) is 5.78 Å². The van der Waals surface area contributed by atoms with Crippen LogP contribution in [0.25, 0.3) is 16.5 Å². The SMILES string of the molecule is CS(=O)(=O)NC(=O)c1c(C2=CC=CCC2=O)c2cc(Cl)ccc2n1Cc1ccccc1CN. The van der Waals surface area contributed by atoms with Crippen LogP contribution in [0.2, 0.25) is 5.02 Å². The molecule has 9 heteroatoms. The smallest absolute Gasteiger partial charge is 0.282 e. The van der Waals surface area contributed by atoms with Crippen LogP contribution in [0, 0.1) is 0 Å². The minimum Gasteiger partial charge on any atom is -0.331 e. The summed E-state index contributed by atoms with van der Waals surface area (Å²) in [5.74, 6) is -0.999. The number of carbonyl (C=O) groups excluding carboxylic acids is 2. The highest BCUT2D eigenvalue weighted by molar-refractivity contribution is 7.89. The molecule has 1 amide bonds. The fraction of sp³-hybridized carbons (Fsp3) is 0.167. The number of ketones is 1. The fourth-order valence-corrected chi connectivity index (χ4v) is 4.67. The van der Waals surface area contributed by atoms with Crippen molar-refractivity contribution in [2.24, 2.45) is 5.73 Å². The van der Waals surface area contributed by atoms with Gasteiger partial charge >= 0.3 is 0 Å². The van der Waals surface area contributed by atoms with Gasteiger partial charge in [-0.2, -0.15) is 0 Å². The number of allylic oxidation sites excluding steroid dienone is 4. The number of nitrogens with one attached hydrogen (secondary N) is 1. The number of halogens is 1. The van der Waals surface area contributed by atoms with Gasteiger partial charge in [0.25, 0.3) is 5.91 Å².